The number of anilines is 1. The smallest absolute Gasteiger partial charge is 0.253 e. The van der Waals surface area contributed by atoms with E-state index in [1.807, 2.05) is 13.8 Å². The summed E-state index contributed by atoms with van der Waals surface area (Å²) in [6, 6.07) is 6.84. The molecule has 0 bridgehead atoms. The van der Waals surface area contributed by atoms with Crippen LogP contribution in [0.5, 0.6) is 0 Å². The van der Waals surface area contributed by atoms with Crippen molar-refractivity contribution in [1.82, 2.24) is 5.32 Å². The topological polar surface area (TPSA) is 66.5 Å². The zero-order valence-corrected chi connectivity index (χ0v) is 11.0. The fourth-order valence-corrected chi connectivity index (χ4v) is 2.05. The molecule has 0 atom stereocenters. The summed E-state index contributed by atoms with van der Waals surface area (Å²) in [6.45, 7) is 3.78. The fourth-order valence-electron chi connectivity index (χ4n) is 2.05. The van der Waals surface area contributed by atoms with Gasteiger partial charge in [-0.15, -0.1) is 0 Å². The molecule has 1 fully saturated rings. The van der Waals surface area contributed by atoms with E-state index in [0.29, 0.717) is 11.3 Å². The van der Waals surface area contributed by atoms with Crippen molar-refractivity contribution in [2.45, 2.75) is 26.3 Å². The number of nitrogens with one attached hydrogen (secondary N) is 1. The van der Waals surface area contributed by atoms with E-state index in [9.17, 15) is 14.4 Å². The predicted molar refractivity (Wildman–Crippen MR) is 71.0 cm³/mol. The normalized spacial score (nSPS) is 15.2. The lowest BCUT2D eigenvalue weighted by atomic mass is 10.1. The SMILES string of the molecule is CC(C)NC(=O)c1ccccc1N1CC(=O)CC1=O. The molecule has 0 saturated carbocycles. The third kappa shape index (κ3) is 2.81. The minimum atomic E-state index is -0.255. The molecule has 0 aromatic heterocycles. The maximum atomic E-state index is 12.1. The Balaban J connectivity index is 2.33. The molecule has 0 aliphatic carbocycles. The highest BCUT2D eigenvalue weighted by molar-refractivity contribution is 6.17. The molecule has 1 heterocycles. The van der Waals surface area contributed by atoms with Crippen molar-refractivity contribution in [2.75, 3.05) is 11.4 Å². The first-order valence-electron chi connectivity index (χ1n) is 6.21. The molecule has 2 amide bonds. The van der Waals surface area contributed by atoms with E-state index in [1.165, 1.54) is 4.90 Å². The lowest BCUT2D eigenvalue weighted by molar-refractivity contribution is -0.121. The second kappa shape index (κ2) is 5.22. The molecule has 0 radical (unpaired) electrons. The minimum Gasteiger partial charge on any atom is -0.350 e. The van der Waals surface area contributed by atoms with Gasteiger partial charge in [0.1, 0.15) is 0 Å². The van der Waals surface area contributed by atoms with Gasteiger partial charge in [-0.1, -0.05) is 12.1 Å². The number of amides is 2. The Morgan fingerprint density at radius 3 is 2.53 bits per heavy atom. The van der Waals surface area contributed by atoms with Crippen LogP contribution in [0, 0.1) is 0 Å². The molecule has 5 heteroatoms. The van der Waals surface area contributed by atoms with Crippen molar-refractivity contribution >= 4 is 23.3 Å². The standard InChI is InChI=1S/C14H16N2O3/c1-9(2)15-14(19)11-5-3-4-6-12(11)16-8-10(17)7-13(16)18/h3-6,9H,7-8H2,1-2H3,(H,15,19). The summed E-state index contributed by atoms with van der Waals surface area (Å²) in [5.41, 5.74) is 0.913. The highest BCUT2D eigenvalue weighted by Crippen LogP contribution is 2.24. The number of rotatable bonds is 3. The number of nitrogens with zero attached hydrogens (tertiary/aromatic N) is 1. The van der Waals surface area contributed by atoms with Gasteiger partial charge in [0.15, 0.2) is 5.78 Å². The molecule has 100 valence electrons. The summed E-state index contributed by atoms with van der Waals surface area (Å²) in [4.78, 5) is 36.5. The number of ketones is 1. The summed E-state index contributed by atoms with van der Waals surface area (Å²) in [6.07, 6.45) is -0.0832. The van der Waals surface area contributed by atoms with Gasteiger partial charge in [0.25, 0.3) is 5.91 Å². The third-order valence-corrected chi connectivity index (χ3v) is 2.84. The van der Waals surface area contributed by atoms with E-state index >= 15 is 0 Å². The highest BCUT2D eigenvalue weighted by atomic mass is 16.2. The Bertz CT molecular complexity index is 537. The summed E-state index contributed by atoms with van der Waals surface area (Å²) in [5.74, 6) is -0.614. The van der Waals surface area contributed by atoms with Gasteiger partial charge < -0.3 is 10.2 Å². The lowest BCUT2D eigenvalue weighted by Gasteiger charge is -2.19. The van der Waals surface area contributed by atoms with Crippen molar-refractivity contribution in [3.63, 3.8) is 0 Å². The van der Waals surface area contributed by atoms with Crippen LogP contribution in [0.15, 0.2) is 24.3 Å². The van der Waals surface area contributed by atoms with E-state index in [-0.39, 0.29) is 36.6 Å². The predicted octanol–water partition coefficient (Wildman–Crippen LogP) is 1.13. The average Bonchev–Trinajstić information content (AvgIpc) is 2.67. The monoisotopic (exact) mass is 260 g/mol. The Hall–Kier alpha value is -2.17. The van der Waals surface area contributed by atoms with Crippen LogP contribution in [-0.4, -0.2) is 30.2 Å². The zero-order valence-electron chi connectivity index (χ0n) is 11.0. The number of benzene rings is 1. The first-order chi connectivity index (χ1) is 8.99. The van der Waals surface area contributed by atoms with Gasteiger partial charge in [0.05, 0.1) is 24.2 Å². The largest absolute Gasteiger partial charge is 0.350 e. The number of hydrogen-bond acceptors (Lipinski definition) is 3. The molecule has 2 rings (SSSR count). The van der Waals surface area contributed by atoms with Gasteiger partial charge in [0, 0.05) is 6.04 Å². The molecular weight excluding hydrogens is 244 g/mol. The molecule has 0 unspecified atom stereocenters. The van der Waals surface area contributed by atoms with E-state index in [2.05, 4.69) is 5.32 Å². The van der Waals surface area contributed by atoms with Gasteiger partial charge >= 0.3 is 0 Å². The summed E-state index contributed by atoms with van der Waals surface area (Å²) >= 11 is 0. The van der Waals surface area contributed by atoms with Crippen molar-refractivity contribution in [3.05, 3.63) is 29.8 Å². The van der Waals surface area contributed by atoms with E-state index in [4.69, 9.17) is 0 Å². The molecule has 5 nitrogen and oxygen atoms in total. The van der Waals surface area contributed by atoms with Crippen molar-refractivity contribution < 1.29 is 14.4 Å². The van der Waals surface area contributed by atoms with E-state index in [0.717, 1.165) is 0 Å². The Labute approximate surface area is 111 Å². The second-order valence-corrected chi connectivity index (χ2v) is 4.84. The maximum Gasteiger partial charge on any atom is 0.253 e. The van der Waals surface area contributed by atoms with Crippen molar-refractivity contribution in [3.8, 4) is 0 Å². The van der Waals surface area contributed by atoms with Gasteiger partial charge in [0.2, 0.25) is 5.91 Å². The van der Waals surface area contributed by atoms with Crippen molar-refractivity contribution in [2.24, 2.45) is 0 Å². The van der Waals surface area contributed by atoms with Crippen LogP contribution >= 0.6 is 0 Å². The van der Waals surface area contributed by atoms with E-state index in [1.54, 1.807) is 24.3 Å². The van der Waals surface area contributed by atoms with Crippen LogP contribution in [0.25, 0.3) is 0 Å². The Morgan fingerprint density at radius 2 is 1.95 bits per heavy atom. The number of hydrogen-bond donors (Lipinski definition) is 1. The molecule has 1 saturated heterocycles. The van der Waals surface area contributed by atoms with Gasteiger partial charge in [-0.2, -0.15) is 0 Å². The third-order valence-electron chi connectivity index (χ3n) is 2.84. The van der Waals surface area contributed by atoms with E-state index < -0.39 is 0 Å². The number of Topliss-reactive ketones (excluding diaryl/α,β-unsaturated/α-hetero) is 1. The Kier molecular flexibility index (Phi) is 3.64. The zero-order chi connectivity index (χ0) is 14.0. The fraction of sp³-hybridized carbons (Fsp3) is 0.357. The van der Waals surface area contributed by atoms with Gasteiger partial charge in [-0.25, -0.2) is 0 Å². The summed E-state index contributed by atoms with van der Waals surface area (Å²) in [5, 5.41) is 2.79. The molecule has 1 N–H and O–H groups in total. The maximum absolute atomic E-state index is 12.1. The van der Waals surface area contributed by atoms with Gasteiger partial charge in [-0.05, 0) is 26.0 Å². The molecule has 0 spiro atoms. The quantitative estimate of drug-likeness (QED) is 0.828. The molecule has 19 heavy (non-hydrogen) atoms. The van der Waals surface area contributed by atoms with Crippen LogP contribution in [0.4, 0.5) is 5.69 Å². The minimum absolute atomic E-state index is 0.0106. The first kappa shape index (κ1) is 13.3. The van der Waals surface area contributed by atoms with Crippen LogP contribution in [0.3, 0.4) is 0 Å². The summed E-state index contributed by atoms with van der Waals surface area (Å²) < 4.78 is 0. The molecular formula is C14H16N2O3. The Morgan fingerprint density at radius 1 is 1.26 bits per heavy atom. The number of carbonyl (C=O) groups excluding carboxylic acids is 3. The van der Waals surface area contributed by atoms with Gasteiger partial charge in [-0.3, -0.25) is 14.4 Å². The highest BCUT2D eigenvalue weighted by Gasteiger charge is 2.30. The molecule has 1 aromatic rings. The molecule has 1 aliphatic rings. The lowest BCUT2D eigenvalue weighted by Crippen LogP contribution is -2.33. The number of carbonyl (C=O) groups is 3. The van der Waals surface area contributed by atoms with Crippen LogP contribution in [-0.2, 0) is 9.59 Å². The number of para-hydroxylation sites is 1. The first-order valence-corrected chi connectivity index (χ1v) is 6.21. The molecule has 1 aromatic carbocycles. The van der Waals surface area contributed by atoms with Crippen molar-refractivity contribution in [1.29, 1.82) is 0 Å². The second-order valence-electron chi connectivity index (χ2n) is 4.84. The average molecular weight is 260 g/mol. The summed E-state index contributed by atoms with van der Waals surface area (Å²) in [7, 11) is 0. The van der Waals surface area contributed by atoms with Crippen LogP contribution in [0.1, 0.15) is 30.6 Å². The van der Waals surface area contributed by atoms with Crippen LogP contribution in [0.2, 0.25) is 0 Å². The molecule has 1 aliphatic heterocycles. The van der Waals surface area contributed by atoms with Crippen LogP contribution < -0.4 is 10.2 Å².